The Kier molecular flexibility index (Phi) is 4.22. The van der Waals surface area contributed by atoms with Crippen molar-refractivity contribution in [3.63, 3.8) is 0 Å². The molecule has 0 N–H and O–H groups in total. The molecule has 0 bridgehead atoms. The molecule has 1 aliphatic heterocycles. The van der Waals surface area contributed by atoms with Crippen LogP contribution in [0.4, 0.5) is 4.39 Å². The van der Waals surface area contributed by atoms with Gasteiger partial charge in [0.2, 0.25) is 0 Å². The fourth-order valence-electron chi connectivity index (χ4n) is 2.11. The molecule has 1 aromatic carbocycles. The van der Waals surface area contributed by atoms with Gasteiger partial charge in [-0.25, -0.2) is 4.39 Å². The molecule has 5 heteroatoms. The third-order valence-electron chi connectivity index (χ3n) is 3.12. The van der Waals surface area contributed by atoms with Gasteiger partial charge in [-0.15, -0.1) is 0 Å². The first kappa shape index (κ1) is 13.3. The van der Waals surface area contributed by atoms with E-state index in [-0.39, 0.29) is 24.4 Å². The van der Waals surface area contributed by atoms with Crippen LogP contribution in [0.2, 0.25) is 0 Å². The molecule has 1 unspecified atom stereocenters. The summed E-state index contributed by atoms with van der Waals surface area (Å²) in [6.45, 7) is 2.77. The number of nitrogens with zero attached hydrogens (tertiary/aromatic N) is 1. The van der Waals surface area contributed by atoms with Crippen LogP contribution in [-0.4, -0.2) is 30.0 Å². The molecule has 1 heterocycles. The Labute approximate surface area is 114 Å². The molecule has 98 valence electrons. The fraction of sp³-hybridized carbons (Fsp3) is 0.462. The maximum Gasteiger partial charge on any atom is 0.260 e. The summed E-state index contributed by atoms with van der Waals surface area (Å²) in [5.41, 5.74) is 0. The van der Waals surface area contributed by atoms with E-state index < -0.39 is 0 Å². The monoisotopic (exact) mass is 315 g/mol. The van der Waals surface area contributed by atoms with Crippen LogP contribution in [0.15, 0.2) is 22.7 Å². The molecule has 3 nitrogen and oxygen atoms in total. The van der Waals surface area contributed by atoms with Gasteiger partial charge >= 0.3 is 0 Å². The van der Waals surface area contributed by atoms with Crippen molar-refractivity contribution in [3.05, 3.63) is 28.5 Å². The number of hydrogen-bond donors (Lipinski definition) is 0. The molecule has 1 atom stereocenters. The zero-order valence-electron chi connectivity index (χ0n) is 10.2. The normalized spacial score (nSPS) is 19.1. The number of halogens is 2. The van der Waals surface area contributed by atoms with Crippen LogP contribution in [-0.2, 0) is 4.79 Å². The number of rotatable bonds is 3. The van der Waals surface area contributed by atoms with Crippen molar-refractivity contribution in [3.8, 4) is 5.75 Å². The van der Waals surface area contributed by atoms with Gasteiger partial charge in [-0.05, 0) is 47.8 Å². The second-order valence-electron chi connectivity index (χ2n) is 4.44. The molecule has 1 aromatic rings. The molecule has 2 rings (SSSR count). The number of carbonyl (C=O) groups is 1. The van der Waals surface area contributed by atoms with E-state index in [1.54, 1.807) is 6.07 Å². The number of likely N-dealkylation sites (tertiary alicyclic amines) is 1. The molecule has 0 radical (unpaired) electrons. The van der Waals surface area contributed by atoms with Crippen LogP contribution in [0.5, 0.6) is 5.75 Å². The van der Waals surface area contributed by atoms with Gasteiger partial charge in [-0.1, -0.05) is 0 Å². The van der Waals surface area contributed by atoms with Gasteiger partial charge in [-0.2, -0.15) is 0 Å². The molecular weight excluding hydrogens is 301 g/mol. The summed E-state index contributed by atoms with van der Waals surface area (Å²) < 4.78 is 19.0. The van der Waals surface area contributed by atoms with Gasteiger partial charge in [0.05, 0.1) is 4.47 Å². The molecule has 1 amide bonds. The fourth-order valence-corrected chi connectivity index (χ4v) is 2.48. The number of carbonyl (C=O) groups excluding carboxylic acids is 1. The Bertz CT molecular complexity index is 453. The van der Waals surface area contributed by atoms with E-state index >= 15 is 0 Å². The minimum Gasteiger partial charge on any atom is -0.482 e. The lowest BCUT2D eigenvalue weighted by molar-refractivity contribution is -0.133. The number of amides is 1. The summed E-state index contributed by atoms with van der Waals surface area (Å²) in [6.07, 6.45) is 2.08. The maximum atomic E-state index is 13.0. The van der Waals surface area contributed by atoms with Crippen molar-refractivity contribution in [2.75, 3.05) is 13.2 Å². The average Bonchev–Trinajstić information content (AvgIpc) is 2.76. The molecule has 1 aliphatic rings. The van der Waals surface area contributed by atoms with Crippen LogP contribution < -0.4 is 4.74 Å². The van der Waals surface area contributed by atoms with E-state index in [1.807, 2.05) is 11.8 Å². The summed E-state index contributed by atoms with van der Waals surface area (Å²) in [4.78, 5) is 13.7. The maximum absolute atomic E-state index is 13.0. The van der Waals surface area contributed by atoms with Gasteiger partial charge in [-0.3, -0.25) is 4.79 Å². The van der Waals surface area contributed by atoms with Crippen molar-refractivity contribution in [1.82, 2.24) is 4.90 Å². The lowest BCUT2D eigenvalue weighted by Crippen LogP contribution is -2.37. The second kappa shape index (κ2) is 5.69. The summed E-state index contributed by atoms with van der Waals surface area (Å²) in [5.74, 6) is -0.0680. The first-order valence-corrected chi connectivity index (χ1v) is 6.74. The largest absolute Gasteiger partial charge is 0.482 e. The van der Waals surface area contributed by atoms with Crippen LogP contribution in [0.1, 0.15) is 19.8 Å². The number of benzene rings is 1. The molecule has 0 spiro atoms. The lowest BCUT2D eigenvalue weighted by Gasteiger charge is -2.21. The highest BCUT2D eigenvalue weighted by atomic mass is 79.9. The molecular formula is C13H15BrFNO2. The van der Waals surface area contributed by atoms with Crippen molar-refractivity contribution < 1.29 is 13.9 Å². The molecule has 0 aliphatic carbocycles. The van der Waals surface area contributed by atoms with Crippen molar-refractivity contribution in [1.29, 1.82) is 0 Å². The Morgan fingerprint density at radius 2 is 2.39 bits per heavy atom. The smallest absolute Gasteiger partial charge is 0.260 e. The standard InChI is InChI=1S/C13H15BrFNO2/c1-9-3-2-6-16(9)13(17)8-18-12-7-10(15)4-5-11(12)14/h4-5,7,9H,2-3,6,8H2,1H3. The SMILES string of the molecule is CC1CCCN1C(=O)COc1cc(F)ccc1Br. The van der Waals surface area contributed by atoms with Crippen molar-refractivity contribution >= 4 is 21.8 Å². The van der Waals surface area contributed by atoms with E-state index in [1.165, 1.54) is 12.1 Å². The summed E-state index contributed by atoms with van der Waals surface area (Å²) in [5, 5.41) is 0. The van der Waals surface area contributed by atoms with E-state index in [4.69, 9.17) is 4.74 Å². The second-order valence-corrected chi connectivity index (χ2v) is 5.30. The van der Waals surface area contributed by atoms with Gasteiger partial charge in [0.15, 0.2) is 6.61 Å². The predicted molar refractivity (Wildman–Crippen MR) is 70.0 cm³/mol. The third-order valence-corrected chi connectivity index (χ3v) is 3.77. The lowest BCUT2D eigenvalue weighted by atomic mass is 10.2. The van der Waals surface area contributed by atoms with Gasteiger partial charge in [0, 0.05) is 18.7 Å². The summed E-state index contributed by atoms with van der Waals surface area (Å²) >= 11 is 3.26. The topological polar surface area (TPSA) is 29.5 Å². The summed E-state index contributed by atoms with van der Waals surface area (Å²) in [6, 6.07) is 4.44. The molecule has 1 fully saturated rings. The zero-order chi connectivity index (χ0) is 13.1. The van der Waals surface area contributed by atoms with Crippen LogP contribution >= 0.6 is 15.9 Å². The van der Waals surface area contributed by atoms with Crippen LogP contribution in [0, 0.1) is 5.82 Å². The average molecular weight is 316 g/mol. The van der Waals surface area contributed by atoms with Gasteiger partial charge in [0.25, 0.3) is 5.91 Å². The van der Waals surface area contributed by atoms with E-state index in [0.29, 0.717) is 10.2 Å². The minimum atomic E-state index is -0.379. The van der Waals surface area contributed by atoms with E-state index in [2.05, 4.69) is 15.9 Å². The van der Waals surface area contributed by atoms with Crippen molar-refractivity contribution in [2.24, 2.45) is 0 Å². The number of ether oxygens (including phenoxy) is 1. The first-order valence-electron chi connectivity index (χ1n) is 5.95. The minimum absolute atomic E-state index is 0.0452. The Morgan fingerprint density at radius 3 is 3.06 bits per heavy atom. The van der Waals surface area contributed by atoms with E-state index in [9.17, 15) is 9.18 Å². The highest BCUT2D eigenvalue weighted by molar-refractivity contribution is 9.10. The first-order chi connectivity index (χ1) is 8.58. The Hall–Kier alpha value is -1.10. The molecule has 1 saturated heterocycles. The predicted octanol–water partition coefficient (Wildman–Crippen LogP) is 2.98. The van der Waals surface area contributed by atoms with Crippen molar-refractivity contribution in [2.45, 2.75) is 25.8 Å². The van der Waals surface area contributed by atoms with Crippen LogP contribution in [0.3, 0.4) is 0 Å². The Balaban J connectivity index is 1.95. The summed E-state index contributed by atoms with van der Waals surface area (Å²) in [7, 11) is 0. The quantitative estimate of drug-likeness (QED) is 0.858. The zero-order valence-corrected chi connectivity index (χ0v) is 11.7. The van der Waals surface area contributed by atoms with Gasteiger partial charge in [0.1, 0.15) is 11.6 Å². The van der Waals surface area contributed by atoms with Crippen LogP contribution in [0.25, 0.3) is 0 Å². The molecule has 18 heavy (non-hydrogen) atoms. The van der Waals surface area contributed by atoms with Gasteiger partial charge < -0.3 is 9.64 Å². The molecule has 0 aromatic heterocycles. The third kappa shape index (κ3) is 3.02. The highest BCUT2D eigenvalue weighted by Gasteiger charge is 2.25. The highest BCUT2D eigenvalue weighted by Crippen LogP contribution is 2.25. The van der Waals surface area contributed by atoms with E-state index in [0.717, 1.165) is 19.4 Å². The molecule has 0 saturated carbocycles. The number of hydrogen-bond acceptors (Lipinski definition) is 2. The Morgan fingerprint density at radius 1 is 1.61 bits per heavy atom.